The summed E-state index contributed by atoms with van der Waals surface area (Å²) in [7, 11) is 0. The van der Waals surface area contributed by atoms with Crippen LogP contribution < -0.4 is 11.1 Å². The molecule has 20 heavy (non-hydrogen) atoms. The van der Waals surface area contributed by atoms with Crippen LogP contribution in [0.1, 0.15) is 5.56 Å². The van der Waals surface area contributed by atoms with Gasteiger partial charge in [0.2, 0.25) is 5.91 Å². The highest BCUT2D eigenvalue weighted by Crippen LogP contribution is 2.18. The van der Waals surface area contributed by atoms with Gasteiger partial charge in [0.05, 0.1) is 18.8 Å². The lowest BCUT2D eigenvalue weighted by atomic mass is 10.1. The van der Waals surface area contributed by atoms with E-state index in [1.165, 1.54) is 0 Å². The number of benzene rings is 1. The minimum absolute atomic E-state index is 0.00306. The number of H-pyrrole nitrogens is 1. The number of aromatic nitrogens is 1. The normalized spacial score (nSPS) is 14.2. The molecule has 2 aromatic rings. The van der Waals surface area contributed by atoms with Gasteiger partial charge in [-0.05, 0) is 18.1 Å². The molecule has 1 heterocycles. The van der Waals surface area contributed by atoms with Crippen molar-refractivity contribution in [2.75, 3.05) is 13.2 Å². The number of carbonyl (C=O) groups is 1. The van der Waals surface area contributed by atoms with Crippen LogP contribution in [0, 0.1) is 0 Å². The largest absolute Gasteiger partial charge is 0.394 e. The Morgan fingerprint density at radius 2 is 2.15 bits per heavy atom. The zero-order valence-electron chi connectivity index (χ0n) is 11.0. The van der Waals surface area contributed by atoms with Crippen LogP contribution in [0.2, 0.25) is 0 Å². The number of aliphatic hydroxyl groups is 2. The summed E-state index contributed by atoms with van der Waals surface area (Å²) in [5.74, 6) is -0.345. The Labute approximate surface area is 116 Å². The van der Waals surface area contributed by atoms with Crippen molar-refractivity contribution in [1.29, 1.82) is 0 Å². The maximum atomic E-state index is 11.8. The maximum Gasteiger partial charge on any atom is 0.237 e. The highest BCUT2D eigenvalue weighted by atomic mass is 16.3. The maximum absolute atomic E-state index is 11.8. The summed E-state index contributed by atoms with van der Waals surface area (Å²) in [6.45, 7) is -0.394. The van der Waals surface area contributed by atoms with Gasteiger partial charge in [-0.2, -0.15) is 0 Å². The molecule has 1 aromatic carbocycles. The predicted octanol–water partition coefficient (Wildman–Crippen LogP) is -0.493. The van der Waals surface area contributed by atoms with E-state index in [0.29, 0.717) is 6.42 Å². The second kappa shape index (κ2) is 6.51. The van der Waals surface area contributed by atoms with E-state index in [4.69, 9.17) is 10.8 Å². The van der Waals surface area contributed by atoms with Crippen molar-refractivity contribution in [3.05, 3.63) is 36.0 Å². The summed E-state index contributed by atoms with van der Waals surface area (Å²) in [5.41, 5.74) is 7.84. The molecular formula is C14H19N3O3. The average Bonchev–Trinajstić information content (AvgIpc) is 2.87. The van der Waals surface area contributed by atoms with E-state index in [0.717, 1.165) is 16.5 Å². The molecule has 0 bridgehead atoms. The van der Waals surface area contributed by atoms with Crippen molar-refractivity contribution in [2.45, 2.75) is 18.6 Å². The van der Waals surface area contributed by atoms with Crippen LogP contribution >= 0.6 is 0 Å². The number of hydrogen-bond acceptors (Lipinski definition) is 4. The van der Waals surface area contributed by atoms with E-state index < -0.39 is 18.8 Å². The number of rotatable bonds is 6. The predicted molar refractivity (Wildman–Crippen MR) is 76.1 cm³/mol. The number of amides is 1. The second-order valence-corrected chi connectivity index (χ2v) is 4.75. The van der Waals surface area contributed by atoms with Crippen molar-refractivity contribution < 1.29 is 15.0 Å². The number of para-hydroxylation sites is 1. The van der Waals surface area contributed by atoms with Gasteiger partial charge in [0, 0.05) is 23.6 Å². The molecule has 0 spiro atoms. The first-order chi connectivity index (χ1) is 9.61. The van der Waals surface area contributed by atoms with Gasteiger partial charge in [-0.3, -0.25) is 4.79 Å². The zero-order valence-corrected chi connectivity index (χ0v) is 11.0. The summed E-state index contributed by atoms with van der Waals surface area (Å²) in [6, 6.07) is 7.11. The first-order valence-electron chi connectivity index (χ1n) is 6.49. The van der Waals surface area contributed by atoms with Crippen LogP contribution in [0.5, 0.6) is 0 Å². The minimum atomic E-state index is -0.959. The minimum Gasteiger partial charge on any atom is -0.394 e. The molecule has 6 heteroatoms. The molecule has 0 saturated heterocycles. The van der Waals surface area contributed by atoms with E-state index >= 15 is 0 Å². The highest BCUT2D eigenvalue weighted by Gasteiger charge is 2.16. The van der Waals surface area contributed by atoms with Crippen molar-refractivity contribution in [3.63, 3.8) is 0 Å². The molecule has 2 rings (SSSR count). The van der Waals surface area contributed by atoms with Crippen LogP contribution in [-0.4, -0.2) is 46.4 Å². The van der Waals surface area contributed by atoms with E-state index in [9.17, 15) is 9.90 Å². The molecule has 0 aliphatic heterocycles. The Bertz CT molecular complexity index is 582. The molecule has 0 fully saturated rings. The van der Waals surface area contributed by atoms with Gasteiger partial charge in [-0.25, -0.2) is 0 Å². The van der Waals surface area contributed by atoms with Crippen LogP contribution in [-0.2, 0) is 11.2 Å². The molecule has 2 atom stereocenters. The molecule has 1 amide bonds. The standard InChI is InChI=1S/C14H19N3O3/c15-12(14(20)17-7-10(19)8-18)5-9-6-16-13-4-2-1-3-11(9)13/h1-4,6,10,12,16,18-19H,5,7-8,15H2,(H,17,20). The van der Waals surface area contributed by atoms with Gasteiger partial charge >= 0.3 is 0 Å². The van der Waals surface area contributed by atoms with Crippen molar-refractivity contribution in [1.82, 2.24) is 10.3 Å². The monoisotopic (exact) mass is 277 g/mol. The number of aromatic amines is 1. The quantitative estimate of drug-likeness (QED) is 0.490. The Morgan fingerprint density at radius 1 is 1.40 bits per heavy atom. The summed E-state index contributed by atoms with van der Waals surface area (Å²) in [6.07, 6.45) is 1.30. The summed E-state index contributed by atoms with van der Waals surface area (Å²) < 4.78 is 0. The zero-order chi connectivity index (χ0) is 14.5. The van der Waals surface area contributed by atoms with Crippen molar-refractivity contribution in [3.8, 4) is 0 Å². The van der Waals surface area contributed by atoms with Crippen LogP contribution in [0.4, 0.5) is 0 Å². The van der Waals surface area contributed by atoms with E-state index in [-0.39, 0.29) is 12.5 Å². The Morgan fingerprint density at radius 3 is 2.90 bits per heavy atom. The highest BCUT2D eigenvalue weighted by molar-refractivity contribution is 5.86. The Kier molecular flexibility index (Phi) is 4.73. The van der Waals surface area contributed by atoms with E-state index in [2.05, 4.69) is 10.3 Å². The van der Waals surface area contributed by atoms with Crippen molar-refractivity contribution in [2.24, 2.45) is 5.73 Å². The fourth-order valence-electron chi connectivity index (χ4n) is 2.04. The van der Waals surface area contributed by atoms with Gasteiger partial charge in [0.15, 0.2) is 0 Å². The van der Waals surface area contributed by atoms with E-state index in [1.54, 1.807) is 0 Å². The third-order valence-corrected chi connectivity index (χ3v) is 3.17. The molecule has 108 valence electrons. The van der Waals surface area contributed by atoms with Gasteiger partial charge in [-0.15, -0.1) is 0 Å². The lowest BCUT2D eigenvalue weighted by Gasteiger charge is -2.13. The first kappa shape index (κ1) is 14.5. The van der Waals surface area contributed by atoms with Crippen LogP contribution in [0.25, 0.3) is 10.9 Å². The van der Waals surface area contributed by atoms with Gasteiger partial charge in [-0.1, -0.05) is 18.2 Å². The molecule has 6 N–H and O–H groups in total. The molecule has 0 aliphatic carbocycles. The Balaban J connectivity index is 1.97. The lowest BCUT2D eigenvalue weighted by Crippen LogP contribution is -2.45. The smallest absolute Gasteiger partial charge is 0.237 e. The molecule has 2 unspecified atom stereocenters. The molecule has 1 aromatic heterocycles. The SMILES string of the molecule is NC(Cc1c[nH]c2ccccc12)C(=O)NCC(O)CO. The summed E-state index contributed by atoms with van der Waals surface area (Å²) >= 11 is 0. The molecule has 0 radical (unpaired) electrons. The number of nitrogens with one attached hydrogen (secondary N) is 2. The first-order valence-corrected chi connectivity index (χ1v) is 6.49. The average molecular weight is 277 g/mol. The number of nitrogens with two attached hydrogens (primary N) is 1. The molecule has 6 nitrogen and oxygen atoms in total. The number of aliphatic hydroxyl groups excluding tert-OH is 2. The summed E-state index contributed by atoms with van der Waals surface area (Å²) in [4.78, 5) is 14.9. The number of hydrogen-bond donors (Lipinski definition) is 5. The lowest BCUT2D eigenvalue weighted by molar-refractivity contribution is -0.122. The van der Waals surface area contributed by atoms with Crippen LogP contribution in [0.3, 0.4) is 0 Å². The third-order valence-electron chi connectivity index (χ3n) is 3.17. The molecular weight excluding hydrogens is 258 g/mol. The number of fused-ring (bicyclic) bond motifs is 1. The third kappa shape index (κ3) is 3.36. The van der Waals surface area contributed by atoms with Gasteiger partial charge in [0.1, 0.15) is 0 Å². The van der Waals surface area contributed by atoms with Gasteiger partial charge in [0.25, 0.3) is 0 Å². The molecule has 0 saturated carbocycles. The van der Waals surface area contributed by atoms with Gasteiger partial charge < -0.3 is 26.2 Å². The fraction of sp³-hybridized carbons (Fsp3) is 0.357. The van der Waals surface area contributed by atoms with E-state index in [1.807, 2.05) is 30.5 Å². The Hall–Kier alpha value is -1.89. The second-order valence-electron chi connectivity index (χ2n) is 4.75. The molecule has 0 aliphatic rings. The topological polar surface area (TPSA) is 111 Å². The van der Waals surface area contributed by atoms with Crippen LogP contribution in [0.15, 0.2) is 30.5 Å². The number of carbonyl (C=O) groups excluding carboxylic acids is 1. The fourth-order valence-corrected chi connectivity index (χ4v) is 2.04. The summed E-state index contributed by atoms with van der Waals surface area (Å²) in [5, 5.41) is 21.4. The van der Waals surface area contributed by atoms with Crippen molar-refractivity contribution >= 4 is 16.8 Å².